The average Bonchev–Trinajstić information content (AvgIpc) is 3.27. The third-order valence-corrected chi connectivity index (χ3v) is 5.25. The van der Waals surface area contributed by atoms with Gasteiger partial charge in [-0.3, -0.25) is 9.59 Å². The van der Waals surface area contributed by atoms with Gasteiger partial charge in [0.1, 0.15) is 28.4 Å². The van der Waals surface area contributed by atoms with Gasteiger partial charge >= 0.3 is 6.18 Å². The minimum Gasteiger partial charge on any atom is -0.497 e. The predicted octanol–water partition coefficient (Wildman–Crippen LogP) is 3.81. The number of alkyl halides is 3. The molecule has 1 fully saturated rings. The molecule has 0 saturated carbocycles. The Morgan fingerprint density at radius 2 is 1.82 bits per heavy atom. The molecule has 1 unspecified atom stereocenters. The second-order valence-corrected chi connectivity index (χ2v) is 7.57. The molecule has 7 nitrogen and oxygen atoms in total. The first-order chi connectivity index (χ1) is 15.7. The van der Waals surface area contributed by atoms with Gasteiger partial charge in [-0.1, -0.05) is 19.1 Å². The zero-order chi connectivity index (χ0) is 24.1. The molecule has 0 aromatic heterocycles. The highest BCUT2D eigenvalue weighted by atomic mass is 19.4. The Bertz CT molecular complexity index is 987. The molecule has 0 aliphatic carbocycles. The second kappa shape index (κ2) is 10.1. The van der Waals surface area contributed by atoms with Crippen LogP contribution in [0.4, 0.5) is 13.2 Å². The maximum atomic E-state index is 13.4. The lowest BCUT2D eigenvalue weighted by atomic mass is 9.97. The first-order valence-electron chi connectivity index (χ1n) is 10.4. The second-order valence-electron chi connectivity index (χ2n) is 7.57. The Morgan fingerprint density at radius 3 is 2.39 bits per heavy atom. The highest BCUT2D eigenvalue weighted by molar-refractivity contribution is 5.91. The van der Waals surface area contributed by atoms with Gasteiger partial charge < -0.3 is 24.8 Å². The van der Waals surface area contributed by atoms with E-state index in [0.717, 1.165) is 6.07 Å². The van der Waals surface area contributed by atoms with Crippen LogP contribution in [0.15, 0.2) is 42.5 Å². The van der Waals surface area contributed by atoms with Crippen LogP contribution in [0.2, 0.25) is 0 Å². The molecule has 10 heteroatoms. The van der Waals surface area contributed by atoms with Crippen molar-refractivity contribution in [3.05, 3.63) is 53.6 Å². The molecule has 33 heavy (non-hydrogen) atoms. The van der Waals surface area contributed by atoms with Gasteiger partial charge in [0.2, 0.25) is 11.8 Å². The van der Waals surface area contributed by atoms with E-state index in [2.05, 4.69) is 10.6 Å². The fraction of sp³-hybridized carbons (Fsp3) is 0.391. The molecule has 2 aromatic carbocycles. The Kier molecular flexibility index (Phi) is 7.47. The van der Waals surface area contributed by atoms with Crippen molar-refractivity contribution in [3.8, 4) is 17.2 Å². The van der Waals surface area contributed by atoms with Crippen LogP contribution in [0, 0.1) is 0 Å². The van der Waals surface area contributed by atoms with Gasteiger partial charge in [-0.25, -0.2) is 0 Å². The highest BCUT2D eigenvalue weighted by Gasteiger charge is 2.43. The van der Waals surface area contributed by atoms with Gasteiger partial charge in [0.15, 0.2) is 0 Å². The van der Waals surface area contributed by atoms with Crippen molar-refractivity contribution in [1.82, 2.24) is 10.6 Å². The van der Waals surface area contributed by atoms with Crippen LogP contribution in [0.1, 0.15) is 30.9 Å². The van der Waals surface area contributed by atoms with E-state index in [4.69, 9.17) is 14.2 Å². The topological polar surface area (TPSA) is 85.9 Å². The zero-order valence-corrected chi connectivity index (χ0v) is 18.3. The summed E-state index contributed by atoms with van der Waals surface area (Å²) in [6.45, 7) is 2.33. The van der Waals surface area contributed by atoms with E-state index in [1.807, 2.05) is 0 Å². The molecule has 1 aliphatic heterocycles. The van der Waals surface area contributed by atoms with Crippen LogP contribution in [-0.2, 0) is 27.0 Å². The summed E-state index contributed by atoms with van der Waals surface area (Å²) in [6, 6.07) is 9.75. The maximum Gasteiger partial charge on any atom is 0.420 e. The Hall–Kier alpha value is -3.27. The van der Waals surface area contributed by atoms with Crippen molar-refractivity contribution in [1.29, 1.82) is 0 Å². The number of rotatable bonds is 8. The summed E-state index contributed by atoms with van der Waals surface area (Å²) >= 11 is 0. The predicted molar refractivity (Wildman–Crippen MR) is 113 cm³/mol. The van der Waals surface area contributed by atoms with E-state index < -0.39 is 17.3 Å². The first kappa shape index (κ1) is 24.4. The number of carbonyl (C=O) groups excluding carboxylic acids is 2. The summed E-state index contributed by atoms with van der Waals surface area (Å²) in [4.78, 5) is 24.6. The first-order valence-corrected chi connectivity index (χ1v) is 10.4. The molecular weight excluding hydrogens is 441 g/mol. The van der Waals surface area contributed by atoms with Crippen LogP contribution in [0.5, 0.6) is 17.2 Å². The minimum atomic E-state index is -4.61. The van der Waals surface area contributed by atoms with Gasteiger partial charge in [0, 0.05) is 26.0 Å². The van der Waals surface area contributed by atoms with Crippen LogP contribution in [-0.4, -0.2) is 37.7 Å². The molecule has 0 bridgehead atoms. The quantitative estimate of drug-likeness (QED) is 0.618. The van der Waals surface area contributed by atoms with Gasteiger partial charge in [0.05, 0.1) is 13.7 Å². The lowest BCUT2D eigenvalue weighted by Crippen LogP contribution is -2.59. The maximum absolute atomic E-state index is 13.4. The summed E-state index contributed by atoms with van der Waals surface area (Å²) in [5.41, 5.74) is -1.34. The largest absolute Gasteiger partial charge is 0.497 e. The van der Waals surface area contributed by atoms with Crippen LogP contribution >= 0.6 is 0 Å². The number of hydrogen-bond acceptors (Lipinski definition) is 5. The standard InChI is InChI=1S/C23H25F3N2O5/c1-3-20(29)28-22(10-11-32-14-22)21(30)27-13-15-4-6-16(7-5-15)33-19-9-8-17(31-2)12-18(19)23(24,25)26/h4-9,12H,3,10-11,13-14H2,1-2H3,(H,27,30)(H,28,29). The lowest BCUT2D eigenvalue weighted by Gasteiger charge is -2.27. The van der Waals surface area contributed by atoms with Crippen molar-refractivity contribution in [2.24, 2.45) is 0 Å². The number of benzene rings is 2. The summed E-state index contributed by atoms with van der Waals surface area (Å²) in [7, 11) is 1.28. The number of carbonyl (C=O) groups is 2. The van der Waals surface area contributed by atoms with E-state index in [0.29, 0.717) is 18.6 Å². The molecule has 3 rings (SSSR count). The SMILES string of the molecule is CCC(=O)NC1(C(=O)NCc2ccc(Oc3ccc(OC)cc3C(F)(F)F)cc2)CCOC1. The monoisotopic (exact) mass is 466 g/mol. The van der Waals surface area contributed by atoms with Crippen molar-refractivity contribution < 1.29 is 37.0 Å². The summed E-state index contributed by atoms with van der Waals surface area (Å²) in [6.07, 6.45) is -3.98. The summed E-state index contributed by atoms with van der Waals surface area (Å²) < 4.78 is 55.7. The third kappa shape index (κ3) is 5.95. The highest BCUT2D eigenvalue weighted by Crippen LogP contribution is 2.40. The fourth-order valence-electron chi connectivity index (χ4n) is 3.36. The van der Waals surface area contributed by atoms with Crippen LogP contribution in [0.25, 0.3) is 0 Å². The summed E-state index contributed by atoms with van der Waals surface area (Å²) in [5, 5.41) is 5.53. The molecule has 2 amide bonds. The van der Waals surface area contributed by atoms with Crippen molar-refractivity contribution in [3.63, 3.8) is 0 Å². The molecule has 178 valence electrons. The van der Waals surface area contributed by atoms with Crippen LogP contribution < -0.4 is 20.1 Å². The van der Waals surface area contributed by atoms with E-state index in [1.54, 1.807) is 19.1 Å². The van der Waals surface area contributed by atoms with Gasteiger partial charge in [-0.2, -0.15) is 13.2 Å². The smallest absolute Gasteiger partial charge is 0.420 e. The molecule has 0 spiro atoms. The molecular formula is C23H25F3N2O5. The normalized spacial score (nSPS) is 18.0. The average molecular weight is 466 g/mol. The lowest BCUT2D eigenvalue weighted by molar-refractivity contribution is -0.138. The molecule has 1 atom stereocenters. The molecule has 1 saturated heterocycles. The minimum absolute atomic E-state index is 0.0707. The third-order valence-electron chi connectivity index (χ3n) is 5.25. The number of halogens is 3. The molecule has 2 N–H and O–H groups in total. The molecule has 1 heterocycles. The van der Waals surface area contributed by atoms with Gasteiger partial charge in [0.25, 0.3) is 0 Å². The van der Waals surface area contributed by atoms with E-state index in [-0.39, 0.29) is 48.6 Å². The molecule has 0 radical (unpaired) electrons. The number of methoxy groups -OCH3 is 1. The number of ether oxygens (including phenoxy) is 3. The van der Waals surface area contributed by atoms with E-state index >= 15 is 0 Å². The zero-order valence-electron chi connectivity index (χ0n) is 18.3. The number of hydrogen-bond donors (Lipinski definition) is 2. The van der Waals surface area contributed by atoms with E-state index in [1.165, 1.54) is 31.4 Å². The van der Waals surface area contributed by atoms with Crippen molar-refractivity contribution >= 4 is 11.8 Å². The number of amides is 2. The Balaban J connectivity index is 1.65. The summed E-state index contributed by atoms with van der Waals surface area (Å²) in [5.74, 6) is -0.666. The Morgan fingerprint density at radius 1 is 1.12 bits per heavy atom. The number of nitrogens with one attached hydrogen (secondary N) is 2. The van der Waals surface area contributed by atoms with Crippen molar-refractivity contribution in [2.45, 2.75) is 38.0 Å². The Labute approximate surface area is 189 Å². The van der Waals surface area contributed by atoms with Gasteiger partial charge in [-0.15, -0.1) is 0 Å². The van der Waals surface area contributed by atoms with Crippen LogP contribution in [0.3, 0.4) is 0 Å². The van der Waals surface area contributed by atoms with Gasteiger partial charge in [-0.05, 0) is 35.9 Å². The van der Waals surface area contributed by atoms with Crippen molar-refractivity contribution in [2.75, 3.05) is 20.3 Å². The molecule has 1 aliphatic rings. The molecule has 2 aromatic rings. The van der Waals surface area contributed by atoms with E-state index in [9.17, 15) is 22.8 Å². The fourth-order valence-corrected chi connectivity index (χ4v) is 3.36.